The zero-order valence-corrected chi connectivity index (χ0v) is 13.1. The van der Waals surface area contributed by atoms with Gasteiger partial charge in [0.1, 0.15) is 10.7 Å². The second-order valence-electron chi connectivity index (χ2n) is 4.73. The van der Waals surface area contributed by atoms with E-state index in [-0.39, 0.29) is 4.90 Å². The van der Waals surface area contributed by atoms with Gasteiger partial charge in [0.25, 0.3) is 0 Å². The molecule has 0 amide bonds. The lowest BCUT2D eigenvalue weighted by Crippen LogP contribution is -2.28. The molecule has 1 aromatic rings. The fraction of sp³-hybridized carbons (Fsp3) is 0.571. The van der Waals surface area contributed by atoms with Crippen molar-refractivity contribution in [2.24, 2.45) is 0 Å². The van der Waals surface area contributed by atoms with E-state index in [0.717, 1.165) is 24.9 Å². The highest BCUT2D eigenvalue weighted by Crippen LogP contribution is 2.20. The van der Waals surface area contributed by atoms with Gasteiger partial charge in [0.15, 0.2) is 0 Å². The van der Waals surface area contributed by atoms with Crippen molar-refractivity contribution >= 4 is 10.0 Å². The van der Waals surface area contributed by atoms with Crippen LogP contribution in [0, 0.1) is 5.82 Å². The Kier molecular flexibility index (Phi) is 6.58. The summed E-state index contributed by atoms with van der Waals surface area (Å²) in [5, 5.41) is 3.07. The fourth-order valence-corrected chi connectivity index (χ4v) is 3.05. The van der Waals surface area contributed by atoms with Gasteiger partial charge in [-0.25, -0.2) is 17.1 Å². The summed E-state index contributed by atoms with van der Waals surface area (Å²) in [6, 6.07) is 4.27. The fourth-order valence-electron chi connectivity index (χ4n) is 1.80. The normalized spacial score (nSPS) is 12.1. The molecule has 0 aliphatic carbocycles. The maximum absolute atomic E-state index is 14.0. The van der Waals surface area contributed by atoms with Gasteiger partial charge in [-0.05, 0) is 30.7 Å². The SMILES string of the molecule is CCCCN(C)S(=O)(=O)c1ccc(CNCC)cc1F. The first-order valence-corrected chi connectivity index (χ1v) is 8.33. The van der Waals surface area contributed by atoms with Crippen molar-refractivity contribution < 1.29 is 12.8 Å². The minimum absolute atomic E-state index is 0.253. The van der Waals surface area contributed by atoms with Gasteiger partial charge in [-0.15, -0.1) is 0 Å². The molecular formula is C14H23FN2O2S. The number of nitrogens with one attached hydrogen (secondary N) is 1. The largest absolute Gasteiger partial charge is 0.313 e. The average Bonchev–Trinajstić information content (AvgIpc) is 2.42. The number of halogens is 1. The molecule has 0 aliphatic rings. The van der Waals surface area contributed by atoms with Crippen LogP contribution < -0.4 is 5.32 Å². The Balaban J connectivity index is 2.95. The summed E-state index contributed by atoms with van der Waals surface area (Å²) in [4.78, 5) is -0.253. The van der Waals surface area contributed by atoms with E-state index in [9.17, 15) is 12.8 Å². The van der Waals surface area contributed by atoms with E-state index in [2.05, 4.69) is 5.32 Å². The van der Waals surface area contributed by atoms with Crippen LogP contribution >= 0.6 is 0 Å². The third-order valence-corrected chi connectivity index (χ3v) is 4.98. The molecule has 0 bridgehead atoms. The second kappa shape index (κ2) is 7.71. The molecule has 1 N–H and O–H groups in total. The van der Waals surface area contributed by atoms with Crippen LogP contribution in [0.1, 0.15) is 32.3 Å². The Hall–Kier alpha value is -0.980. The molecule has 0 saturated heterocycles. The minimum Gasteiger partial charge on any atom is -0.313 e. The van der Waals surface area contributed by atoms with Gasteiger partial charge in [-0.1, -0.05) is 26.3 Å². The van der Waals surface area contributed by atoms with Crippen molar-refractivity contribution in [3.63, 3.8) is 0 Å². The molecule has 6 heteroatoms. The molecule has 1 aromatic carbocycles. The molecule has 114 valence electrons. The Labute approximate surface area is 121 Å². The monoisotopic (exact) mass is 302 g/mol. The third-order valence-electron chi connectivity index (χ3n) is 3.09. The summed E-state index contributed by atoms with van der Waals surface area (Å²) in [7, 11) is -2.26. The molecule has 0 atom stereocenters. The molecule has 0 radical (unpaired) electrons. The van der Waals surface area contributed by atoms with E-state index in [4.69, 9.17) is 0 Å². The summed E-state index contributed by atoms with van der Waals surface area (Å²) >= 11 is 0. The number of rotatable bonds is 8. The highest BCUT2D eigenvalue weighted by Gasteiger charge is 2.24. The van der Waals surface area contributed by atoms with Crippen LogP contribution in [0.3, 0.4) is 0 Å². The number of hydrogen-bond donors (Lipinski definition) is 1. The zero-order valence-electron chi connectivity index (χ0n) is 12.3. The van der Waals surface area contributed by atoms with E-state index >= 15 is 0 Å². The highest BCUT2D eigenvalue weighted by molar-refractivity contribution is 7.89. The summed E-state index contributed by atoms with van der Waals surface area (Å²) in [5.74, 6) is -0.691. The predicted molar refractivity (Wildman–Crippen MR) is 78.5 cm³/mol. The van der Waals surface area contributed by atoms with Crippen LogP contribution in [0.25, 0.3) is 0 Å². The van der Waals surface area contributed by atoms with Gasteiger partial charge in [0.05, 0.1) is 0 Å². The summed E-state index contributed by atoms with van der Waals surface area (Å²) in [6.45, 7) is 5.65. The molecular weight excluding hydrogens is 279 g/mol. The summed E-state index contributed by atoms with van der Waals surface area (Å²) in [6.07, 6.45) is 1.65. The maximum Gasteiger partial charge on any atom is 0.245 e. The standard InChI is InChI=1S/C14H23FN2O2S/c1-4-6-9-17(3)20(18,19)14-8-7-12(10-13(14)15)11-16-5-2/h7-8,10,16H,4-6,9,11H2,1-3H3. The Morgan fingerprint density at radius 1 is 1.30 bits per heavy atom. The molecule has 0 unspecified atom stereocenters. The average molecular weight is 302 g/mol. The topological polar surface area (TPSA) is 49.4 Å². The van der Waals surface area contributed by atoms with Gasteiger partial charge in [-0.2, -0.15) is 0 Å². The van der Waals surface area contributed by atoms with E-state index < -0.39 is 15.8 Å². The van der Waals surface area contributed by atoms with Crippen LogP contribution in [0.15, 0.2) is 23.1 Å². The molecule has 0 spiro atoms. The lowest BCUT2D eigenvalue weighted by molar-refractivity contribution is 0.453. The molecule has 0 aromatic heterocycles. The molecule has 0 heterocycles. The first-order valence-electron chi connectivity index (χ1n) is 6.89. The lowest BCUT2D eigenvalue weighted by Gasteiger charge is -2.17. The van der Waals surface area contributed by atoms with Crippen molar-refractivity contribution in [1.82, 2.24) is 9.62 Å². The number of benzene rings is 1. The summed E-state index contributed by atoms with van der Waals surface area (Å²) in [5.41, 5.74) is 0.736. The minimum atomic E-state index is -3.74. The second-order valence-corrected chi connectivity index (χ2v) is 6.74. The Morgan fingerprint density at radius 2 is 2.00 bits per heavy atom. The van der Waals surface area contributed by atoms with E-state index in [1.165, 1.54) is 23.5 Å². The molecule has 4 nitrogen and oxygen atoms in total. The van der Waals surface area contributed by atoms with Crippen molar-refractivity contribution in [2.75, 3.05) is 20.1 Å². The van der Waals surface area contributed by atoms with E-state index in [1.807, 2.05) is 13.8 Å². The van der Waals surface area contributed by atoms with Crippen LogP contribution in [0.4, 0.5) is 4.39 Å². The van der Waals surface area contributed by atoms with Crippen LogP contribution in [-0.2, 0) is 16.6 Å². The van der Waals surface area contributed by atoms with Gasteiger partial charge >= 0.3 is 0 Å². The van der Waals surface area contributed by atoms with Gasteiger partial charge in [0.2, 0.25) is 10.0 Å². The third kappa shape index (κ3) is 4.26. The van der Waals surface area contributed by atoms with Gasteiger partial charge in [0, 0.05) is 20.1 Å². The Morgan fingerprint density at radius 3 is 2.55 bits per heavy atom. The predicted octanol–water partition coefficient (Wildman–Crippen LogP) is 2.36. The molecule has 20 heavy (non-hydrogen) atoms. The smallest absolute Gasteiger partial charge is 0.245 e. The maximum atomic E-state index is 14.0. The van der Waals surface area contributed by atoms with E-state index in [1.54, 1.807) is 6.07 Å². The van der Waals surface area contributed by atoms with Crippen molar-refractivity contribution in [2.45, 2.75) is 38.1 Å². The zero-order chi connectivity index (χ0) is 15.2. The first kappa shape index (κ1) is 17.1. The summed E-state index contributed by atoms with van der Waals surface area (Å²) < 4.78 is 39.7. The lowest BCUT2D eigenvalue weighted by atomic mass is 10.2. The molecule has 0 saturated carbocycles. The number of unbranched alkanes of at least 4 members (excludes halogenated alkanes) is 1. The molecule has 0 aliphatic heterocycles. The van der Waals surface area contributed by atoms with Crippen LogP contribution in [0.5, 0.6) is 0 Å². The molecule has 0 fully saturated rings. The van der Waals surface area contributed by atoms with Crippen LogP contribution in [0.2, 0.25) is 0 Å². The van der Waals surface area contributed by atoms with Crippen molar-refractivity contribution in [3.05, 3.63) is 29.6 Å². The van der Waals surface area contributed by atoms with Crippen molar-refractivity contribution in [1.29, 1.82) is 0 Å². The number of nitrogens with zero attached hydrogens (tertiary/aromatic N) is 1. The number of sulfonamides is 1. The Bertz CT molecular complexity index is 532. The van der Waals surface area contributed by atoms with Gasteiger partial charge in [-0.3, -0.25) is 0 Å². The highest BCUT2D eigenvalue weighted by atomic mass is 32.2. The quantitative estimate of drug-likeness (QED) is 0.802. The van der Waals surface area contributed by atoms with E-state index in [0.29, 0.717) is 13.1 Å². The molecule has 1 rings (SSSR count). The first-order chi connectivity index (χ1) is 9.43. The van der Waals surface area contributed by atoms with Crippen LogP contribution in [-0.4, -0.2) is 32.9 Å². The van der Waals surface area contributed by atoms with Crippen molar-refractivity contribution in [3.8, 4) is 0 Å². The number of hydrogen-bond acceptors (Lipinski definition) is 3. The van der Waals surface area contributed by atoms with Gasteiger partial charge < -0.3 is 5.32 Å².